The maximum Gasteiger partial charge on any atom is 0.00385 e. The highest BCUT2D eigenvalue weighted by molar-refractivity contribution is 4.66. The fraction of sp³-hybridized carbons (Fsp3) is 1.00. The second kappa shape index (κ2) is 7.37. The summed E-state index contributed by atoms with van der Waals surface area (Å²) >= 11 is 0. The molecular formula is C12H27N. The van der Waals surface area contributed by atoms with Crippen LogP contribution >= 0.6 is 0 Å². The summed E-state index contributed by atoms with van der Waals surface area (Å²) in [6.45, 7) is 13.9. The van der Waals surface area contributed by atoms with Crippen molar-refractivity contribution in [1.82, 2.24) is 4.90 Å². The highest BCUT2D eigenvalue weighted by Crippen LogP contribution is 2.13. The van der Waals surface area contributed by atoms with E-state index in [0.29, 0.717) is 6.04 Å². The number of hydrogen-bond donors (Lipinski definition) is 0. The lowest BCUT2D eigenvalue weighted by atomic mass is 9.99. The Kier molecular flexibility index (Phi) is 7.35. The van der Waals surface area contributed by atoms with Crippen molar-refractivity contribution < 1.29 is 0 Å². The molecule has 0 saturated heterocycles. The lowest BCUT2D eigenvalue weighted by Crippen LogP contribution is -2.35. The molecule has 0 aromatic heterocycles. The molecule has 0 saturated carbocycles. The van der Waals surface area contributed by atoms with Crippen LogP contribution in [0.5, 0.6) is 0 Å². The van der Waals surface area contributed by atoms with Crippen molar-refractivity contribution in [1.29, 1.82) is 0 Å². The van der Waals surface area contributed by atoms with Crippen LogP contribution in [0.2, 0.25) is 0 Å². The molecule has 80 valence electrons. The van der Waals surface area contributed by atoms with Crippen LogP contribution in [0, 0.1) is 5.92 Å². The highest BCUT2D eigenvalue weighted by atomic mass is 15.1. The molecule has 0 aliphatic rings. The van der Waals surface area contributed by atoms with Gasteiger partial charge in [-0.2, -0.15) is 0 Å². The zero-order valence-corrected chi connectivity index (χ0v) is 10.1. The van der Waals surface area contributed by atoms with E-state index >= 15 is 0 Å². The Hall–Kier alpha value is -0.0400. The summed E-state index contributed by atoms with van der Waals surface area (Å²) in [6, 6.07) is 0.705. The molecule has 0 amide bonds. The largest absolute Gasteiger partial charge is 0.301 e. The van der Waals surface area contributed by atoms with Gasteiger partial charge in [-0.15, -0.1) is 0 Å². The lowest BCUT2D eigenvalue weighted by molar-refractivity contribution is 0.188. The van der Waals surface area contributed by atoms with Gasteiger partial charge in [0.1, 0.15) is 0 Å². The van der Waals surface area contributed by atoms with Crippen LogP contribution in [0.1, 0.15) is 53.9 Å². The van der Waals surface area contributed by atoms with Gasteiger partial charge in [-0.25, -0.2) is 0 Å². The maximum absolute atomic E-state index is 2.57. The Balaban J connectivity index is 3.87. The summed E-state index contributed by atoms with van der Waals surface area (Å²) in [4.78, 5) is 2.57. The van der Waals surface area contributed by atoms with Gasteiger partial charge in [0.05, 0.1) is 0 Å². The standard InChI is InChI=1S/C12H27N/c1-6-9-12(7-2)10-13(8-3)11(4)5/h11-12H,6-10H2,1-5H3. The second-order valence-electron chi connectivity index (χ2n) is 4.24. The van der Waals surface area contributed by atoms with Gasteiger partial charge in [0, 0.05) is 12.6 Å². The average molecular weight is 185 g/mol. The fourth-order valence-electron chi connectivity index (χ4n) is 1.87. The molecule has 0 aromatic rings. The summed E-state index contributed by atoms with van der Waals surface area (Å²) in [6.07, 6.45) is 4.05. The summed E-state index contributed by atoms with van der Waals surface area (Å²) in [5.41, 5.74) is 0. The van der Waals surface area contributed by atoms with Crippen LogP contribution < -0.4 is 0 Å². The normalized spacial score (nSPS) is 14.1. The van der Waals surface area contributed by atoms with Gasteiger partial charge in [-0.05, 0) is 32.7 Å². The third-order valence-electron chi connectivity index (χ3n) is 2.90. The Morgan fingerprint density at radius 3 is 2.00 bits per heavy atom. The molecule has 0 bridgehead atoms. The molecule has 0 spiro atoms. The zero-order valence-electron chi connectivity index (χ0n) is 10.1. The molecular weight excluding hydrogens is 158 g/mol. The first-order valence-corrected chi connectivity index (χ1v) is 5.89. The summed E-state index contributed by atoms with van der Waals surface area (Å²) in [5.74, 6) is 0.910. The van der Waals surface area contributed by atoms with Crippen LogP contribution in [0.3, 0.4) is 0 Å². The van der Waals surface area contributed by atoms with Gasteiger partial charge < -0.3 is 4.90 Å². The summed E-state index contributed by atoms with van der Waals surface area (Å²) in [7, 11) is 0. The molecule has 0 radical (unpaired) electrons. The first-order chi connectivity index (χ1) is 6.15. The topological polar surface area (TPSA) is 3.24 Å². The predicted molar refractivity (Wildman–Crippen MR) is 61.1 cm³/mol. The minimum absolute atomic E-state index is 0.705. The van der Waals surface area contributed by atoms with Crippen LogP contribution in [-0.4, -0.2) is 24.0 Å². The lowest BCUT2D eigenvalue weighted by Gasteiger charge is -2.29. The van der Waals surface area contributed by atoms with Crippen LogP contribution in [-0.2, 0) is 0 Å². The molecule has 1 heteroatoms. The van der Waals surface area contributed by atoms with E-state index in [9.17, 15) is 0 Å². The monoisotopic (exact) mass is 185 g/mol. The third-order valence-corrected chi connectivity index (χ3v) is 2.90. The fourth-order valence-corrected chi connectivity index (χ4v) is 1.87. The van der Waals surface area contributed by atoms with Gasteiger partial charge >= 0.3 is 0 Å². The molecule has 1 unspecified atom stereocenters. The van der Waals surface area contributed by atoms with E-state index in [4.69, 9.17) is 0 Å². The Bertz CT molecular complexity index is 110. The molecule has 0 heterocycles. The van der Waals surface area contributed by atoms with Crippen LogP contribution in [0.15, 0.2) is 0 Å². The molecule has 1 atom stereocenters. The molecule has 0 aliphatic heterocycles. The van der Waals surface area contributed by atoms with E-state index in [0.717, 1.165) is 5.92 Å². The zero-order chi connectivity index (χ0) is 10.3. The molecule has 13 heavy (non-hydrogen) atoms. The van der Waals surface area contributed by atoms with Crippen molar-refractivity contribution in [2.75, 3.05) is 13.1 Å². The van der Waals surface area contributed by atoms with E-state index in [1.165, 1.54) is 32.4 Å². The van der Waals surface area contributed by atoms with Crippen molar-refractivity contribution in [3.63, 3.8) is 0 Å². The first kappa shape index (κ1) is 13.0. The molecule has 0 rings (SSSR count). The Morgan fingerprint density at radius 2 is 1.69 bits per heavy atom. The van der Waals surface area contributed by atoms with Gasteiger partial charge in [0.15, 0.2) is 0 Å². The van der Waals surface area contributed by atoms with Crippen LogP contribution in [0.4, 0.5) is 0 Å². The van der Waals surface area contributed by atoms with E-state index in [1.54, 1.807) is 0 Å². The van der Waals surface area contributed by atoms with Gasteiger partial charge in [0.2, 0.25) is 0 Å². The van der Waals surface area contributed by atoms with Crippen molar-refractivity contribution >= 4 is 0 Å². The Morgan fingerprint density at radius 1 is 1.08 bits per heavy atom. The molecule has 0 fully saturated rings. The van der Waals surface area contributed by atoms with E-state index in [-0.39, 0.29) is 0 Å². The van der Waals surface area contributed by atoms with E-state index in [2.05, 4.69) is 39.5 Å². The van der Waals surface area contributed by atoms with Crippen molar-refractivity contribution in [3.05, 3.63) is 0 Å². The predicted octanol–water partition coefficient (Wildman–Crippen LogP) is 3.54. The smallest absolute Gasteiger partial charge is 0.00385 e. The number of hydrogen-bond acceptors (Lipinski definition) is 1. The minimum atomic E-state index is 0.705. The highest BCUT2D eigenvalue weighted by Gasteiger charge is 2.12. The van der Waals surface area contributed by atoms with Crippen LogP contribution in [0.25, 0.3) is 0 Å². The van der Waals surface area contributed by atoms with Crippen molar-refractivity contribution in [2.45, 2.75) is 59.9 Å². The molecule has 0 aliphatic carbocycles. The molecule has 0 aromatic carbocycles. The molecule has 0 N–H and O–H groups in total. The van der Waals surface area contributed by atoms with Crippen molar-refractivity contribution in [3.8, 4) is 0 Å². The average Bonchev–Trinajstić information content (AvgIpc) is 2.11. The summed E-state index contributed by atoms with van der Waals surface area (Å²) in [5, 5.41) is 0. The quantitative estimate of drug-likeness (QED) is 0.586. The van der Waals surface area contributed by atoms with E-state index in [1.807, 2.05) is 0 Å². The summed E-state index contributed by atoms with van der Waals surface area (Å²) < 4.78 is 0. The number of nitrogens with zero attached hydrogens (tertiary/aromatic N) is 1. The van der Waals surface area contributed by atoms with Gasteiger partial charge in [-0.3, -0.25) is 0 Å². The van der Waals surface area contributed by atoms with Crippen molar-refractivity contribution in [2.24, 2.45) is 5.92 Å². The SMILES string of the molecule is CCCC(CC)CN(CC)C(C)C. The van der Waals surface area contributed by atoms with E-state index < -0.39 is 0 Å². The molecule has 1 nitrogen and oxygen atoms in total. The Labute approximate surface area is 84.5 Å². The number of rotatable bonds is 7. The van der Waals surface area contributed by atoms with Gasteiger partial charge in [-0.1, -0.05) is 33.6 Å². The van der Waals surface area contributed by atoms with Gasteiger partial charge in [0.25, 0.3) is 0 Å². The first-order valence-electron chi connectivity index (χ1n) is 5.89. The second-order valence-corrected chi connectivity index (χ2v) is 4.24. The minimum Gasteiger partial charge on any atom is -0.301 e. The third kappa shape index (κ3) is 5.30. The maximum atomic E-state index is 2.57.